The molecule has 0 saturated carbocycles. The van der Waals surface area contributed by atoms with Crippen LogP contribution in [0.15, 0.2) is 54.6 Å². The summed E-state index contributed by atoms with van der Waals surface area (Å²) in [6.45, 7) is 7.41. The molecule has 0 aliphatic carbocycles. The van der Waals surface area contributed by atoms with E-state index in [9.17, 15) is 24.0 Å². The largest absolute Gasteiger partial charge is 0.462 e. The van der Waals surface area contributed by atoms with Crippen molar-refractivity contribution >= 4 is 46.8 Å². The topological polar surface area (TPSA) is 110 Å². The number of nitrogens with one attached hydrogen (secondary N) is 1. The first-order chi connectivity index (χ1) is 22.4. The second-order valence-corrected chi connectivity index (χ2v) is 14.1. The van der Waals surface area contributed by atoms with Crippen molar-refractivity contribution in [1.82, 2.24) is 4.90 Å². The van der Waals surface area contributed by atoms with Crippen LogP contribution in [0.1, 0.15) is 132 Å². The molecule has 1 aliphatic rings. The number of benzene rings is 2. The Morgan fingerprint density at radius 3 is 1.85 bits per heavy atom. The van der Waals surface area contributed by atoms with Gasteiger partial charge in [-0.25, -0.2) is 0 Å². The molecule has 3 rings (SSSR count). The number of hydrogen-bond acceptors (Lipinski definition) is 6. The van der Waals surface area contributed by atoms with Crippen LogP contribution in [0, 0.1) is 5.41 Å². The van der Waals surface area contributed by atoms with E-state index in [0.717, 1.165) is 30.6 Å². The van der Waals surface area contributed by atoms with Crippen LogP contribution in [0.5, 0.6) is 0 Å². The quantitative estimate of drug-likeness (QED) is 0.0499. The number of imide groups is 1. The minimum atomic E-state index is -1.19. The predicted octanol–water partition coefficient (Wildman–Crippen LogP) is 8.52. The molecule has 256 valence electrons. The number of ketones is 1. The Morgan fingerprint density at radius 2 is 1.30 bits per heavy atom. The van der Waals surface area contributed by atoms with E-state index in [-0.39, 0.29) is 23.3 Å². The zero-order valence-corrected chi connectivity index (χ0v) is 29.2. The summed E-state index contributed by atoms with van der Waals surface area (Å²) in [6.07, 6.45) is 10.4. The second-order valence-electron chi connectivity index (χ2n) is 13.5. The Hall–Kier alpha value is -3.52. The van der Waals surface area contributed by atoms with Crippen molar-refractivity contribution in [3.63, 3.8) is 0 Å². The molecule has 3 unspecified atom stereocenters. The van der Waals surface area contributed by atoms with Gasteiger partial charge in [-0.15, -0.1) is 11.6 Å². The maximum absolute atomic E-state index is 13.7. The second kappa shape index (κ2) is 18.7. The maximum Gasteiger partial charge on any atom is 0.315 e. The van der Waals surface area contributed by atoms with Crippen LogP contribution in [0.3, 0.4) is 0 Å². The maximum atomic E-state index is 13.7. The SMILES string of the molecule is CCCCCCCCCCCC(CCC(Cl)C(C(=O)C(C)(C)C)N1C(=O)c2ccccc2C1=O)OC(=O)CC(=O)Nc1ccccc1. The first kappa shape index (κ1) is 37.9. The van der Waals surface area contributed by atoms with Gasteiger partial charge in [0.15, 0.2) is 5.78 Å². The fourth-order valence-electron chi connectivity index (χ4n) is 5.88. The van der Waals surface area contributed by atoms with Crippen LogP contribution in [0.4, 0.5) is 5.69 Å². The van der Waals surface area contributed by atoms with Crippen molar-refractivity contribution in [3.8, 4) is 0 Å². The van der Waals surface area contributed by atoms with E-state index in [4.69, 9.17) is 16.3 Å². The molecule has 9 heteroatoms. The fraction of sp³-hybridized carbons (Fsp3) is 0.553. The van der Waals surface area contributed by atoms with Crippen LogP contribution < -0.4 is 5.32 Å². The van der Waals surface area contributed by atoms with Crippen LogP contribution in [-0.2, 0) is 19.1 Å². The molecule has 0 saturated heterocycles. The van der Waals surface area contributed by atoms with E-state index < -0.39 is 53.0 Å². The average Bonchev–Trinajstić information content (AvgIpc) is 3.28. The van der Waals surface area contributed by atoms with Gasteiger partial charge in [0, 0.05) is 11.1 Å². The first-order valence-corrected chi connectivity index (χ1v) is 17.6. The fourth-order valence-corrected chi connectivity index (χ4v) is 6.23. The molecule has 0 fully saturated rings. The highest BCUT2D eigenvalue weighted by Crippen LogP contribution is 2.33. The molecule has 2 aromatic carbocycles. The highest BCUT2D eigenvalue weighted by atomic mass is 35.5. The lowest BCUT2D eigenvalue weighted by molar-refractivity contribution is -0.151. The van der Waals surface area contributed by atoms with Crippen molar-refractivity contribution in [2.45, 2.75) is 129 Å². The number of rotatable bonds is 20. The Labute approximate surface area is 285 Å². The number of para-hydroxylation sites is 1. The third-order valence-electron chi connectivity index (χ3n) is 8.51. The van der Waals surface area contributed by atoms with Crippen molar-refractivity contribution < 1.29 is 28.7 Å². The van der Waals surface area contributed by atoms with Crippen molar-refractivity contribution in [2.75, 3.05) is 5.32 Å². The smallest absolute Gasteiger partial charge is 0.315 e. The number of anilines is 1. The van der Waals surface area contributed by atoms with Crippen LogP contribution in [0.25, 0.3) is 0 Å². The van der Waals surface area contributed by atoms with Crippen LogP contribution in [-0.4, -0.2) is 51.9 Å². The van der Waals surface area contributed by atoms with Gasteiger partial charge in [0.2, 0.25) is 5.91 Å². The highest BCUT2D eigenvalue weighted by molar-refractivity contribution is 6.27. The molecular weight excluding hydrogens is 616 g/mol. The summed E-state index contributed by atoms with van der Waals surface area (Å²) in [6, 6.07) is 14.2. The Morgan fingerprint density at radius 1 is 0.766 bits per heavy atom. The lowest BCUT2D eigenvalue weighted by Crippen LogP contribution is -2.53. The number of nitrogens with zero attached hydrogens (tertiary/aromatic N) is 1. The number of carbonyl (C=O) groups is 5. The predicted molar refractivity (Wildman–Crippen MR) is 185 cm³/mol. The third kappa shape index (κ3) is 11.6. The minimum Gasteiger partial charge on any atom is -0.462 e. The third-order valence-corrected chi connectivity index (χ3v) is 8.97. The van der Waals surface area contributed by atoms with Gasteiger partial charge in [-0.2, -0.15) is 0 Å². The van der Waals surface area contributed by atoms with Crippen molar-refractivity contribution in [3.05, 3.63) is 65.7 Å². The zero-order chi connectivity index (χ0) is 34.4. The average molecular weight is 667 g/mol. The van der Waals surface area contributed by atoms with E-state index in [1.54, 1.807) is 69.3 Å². The molecule has 1 N–H and O–H groups in total. The van der Waals surface area contributed by atoms with Crippen LogP contribution in [0.2, 0.25) is 0 Å². The number of halogens is 1. The molecule has 47 heavy (non-hydrogen) atoms. The number of carbonyl (C=O) groups excluding carboxylic acids is 5. The normalized spacial score (nSPS) is 14.8. The Balaban J connectivity index is 1.67. The number of unbranched alkanes of at least 4 members (excludes halogenated alkanes) is 8. The minimum absolute atomic E-state index is 0.215. The molecule has 1 aliphatic heterocycles. The van der Waals surface area contributed by atoms with Gasteiger partial charge in [-0.05, 0) is 49.9 Å². The molecule has 0 bridgehead atoms. The zero-order valence-electron chi connectivity index (χ0n) is 28.4. The van der Waals surface area contributed by atoms with Gasteiger partial charge in [-0.1, -0.05) is 109 Å². The molecule has 0 spiro atoms. The van der Waals surface area contributed by atoms with Gasteiger partial charge in [-0.3, -0.25) is 28.9 Å². The number of ether oxygens (including phenoxy) is 1. The summed E-state index contributed by atoms with van der Waals surface area (Å²) in [7, 11) is 0. The molecule has 8 nitrogen and oxygen atoms in total. The molecular formula is C38H51ClN2O6. The summed E-state index contributed by atoms with van der Waals surface area (Å²) in [4.78, 5) is 66.9. The first-order valence-electron chi connectivity index (χ1n) is 17.1. The van der Waals surface area contributed by atoms with E-state index in [1.807, 2.05) is 6.07 Å². The van der Waals surface area contributed by atoms with E-state index in [0.29, 0.717) is 18.5 Å². The molecule has 1 heterocycles. The van der Waals surface area contributed by atoms with Gasteiger partial charge in [0.25, 0.3) is 11.8 Å². The Kier molecular flexibility index (Phi) is 15.1. The molecule has 2 aromatic rings. The summed E-state index contributed by atoms with van der Waals surface area (Å²) < 4.78 is 5.82. The summed E-state index contributed by atoms with van der Waals surface area (Å²) in [5.41, 5.74) is 0.212. The lowest BCUT2D eigenvalue weighted by Gasteiger charge is -2.34. The highest BCUT2D eigenvalue weighted by Gasteiger charge is 2.47. The molecule has 3 amide bonds. The van der Waals surface area contributed by atoms with Gasteiger partial charge >= 0.3 is 5.97 Å². The number of fused-ring (bicyclic) bond motifs is 1. The summed E-state index contributed by atoms with van der Waals surface area (Å²) in [5.74, 6) is -2.52. The van der Waals surface area contributed by atoms with E-state index in [2.05, 4.69) is 12.2 Å². The van der Waals surface area contributed by atoms with Gasteiger partial charge in [0.05, 0.1) is 16.5 Å². The number of alkyl halides is 1. The van der Waals surface area contributed by atoms with Gasteiger partial charge < -0.3 is 10.1 Å². The lowest BCUT2D eigenvalue weighted by atomic mass is 9.83. The van der Waals surface area contributed by atoms with Crippen molar-refractivity contribution in [1.29, 1.82) is 0 Å². The van der Waals surface area contributed by atoms with Gasteiger partial charge in [0.1, 0.15) is 18.6 Å². The van der Waals surface area contributed by atoms with E-state index in [1.165, 1.54) is 32.1 Å². The molecule has 3 atom stereocenters. The monoisotopic (exact) mass is 666 g/mol. The van der Waals surface area contributed by atoms with E-state index >= 15 is 0 Å². The number of amides is 3. The van der Waals surface area contributed by atoms with Crippen molar-refractivity contribution in [2.24, 2.45) is 5.41 Å². The standard InChI is InChI=1S/C38H51ClN2O6/c1-5-6-7-8-9-10-11-12-16-21-28(47-33(43)26-32(42)40-27-19-14-13-15-20-27)24-25-31(39)34(35(44)38(2,3)4)41-36(45)29-22-17-18-23-30(29)37(41)46/h13-15,17-20,22-23,28,31,34H,5-12,16,21,24-26H2,1-4H3,(H,40,42). The summed E-state index contributed by atoms with van der Waals surface area (Å²) >= 11 is 6.94. The molecule has 0 radical (unpaired) electrons. The molecule has 0 aromatic heterocycles. The summed E-state index contributed by atoms with van der Waals surface area (Å²) in [5, 5.41) is 1.79. The Bertz CT molecular complexity index is 1320. The number of Topliss-reactive ketones (excluding diaryl/α,β-unsaturated/α-hetero) is 1. The van der Waals surface area contributed by atoms with Crippen LogP contribution >= 0.6 is 11.6 Å². The number of hydrogen-bond donors (Lipinski definition) is 1. The number of esters is 1.